The van der Waals surface area contributed by atoms with Crippen LogP contribution in [0, 0.1) is 0 Å². The molecule has 4 heteroatoms. The predicted octanol–water partition coefficient (Wildman–Crippen LogP) is 0.581. The lowest BCUT2D eigenvalue weighted by atomic mass is 9.95. The molecule has 2 N–H and O–H groups in total. The molecule has 1 unspecified atom stereocenters. The fourth-order valence-corrected chi connectivity index (χ4v) is 2.15. The van der Waals surface area contributed by atoms with Crippen LogP contribution in [0.15, 0.2) is 12.3 Å². The number of aromatic amines is 1. The second-order valence-corrected chi connectivity index (χ2v) is 3.88. The van der Waals surface area contributed by atoms with Gasteiger partial charge in [-0.1, -0.05) is 0 Å². The van der Waals surface area contributed by atoms with Gasteiger partial charge in [0.1, 0.15) is 0 Å². The number of rotatable bonds is 3. The molecule has 1 fully saturated rings. The monoisotopic (exact) mass is 195 g/mol. The fraction of sp³-hybridized carbons (Fsp3) is 0.700. The summed E-state index contributed by atoms with van der Waals surface area (Å²) >= 11 is 0. The minimum atomic E-state index is 0.260. The van der Waals surface area contributed by atoms with E-state index < -0.39 is 0 Å². The molecule has 0 spiro atoms. The summed E-state index contributed by atoms with van der Waals surface area (Å²) in [5.74, 6) is 0.567. The van der Waals surface area contributed by atoms with Crippen LogP contribution in [0.1, 0.15) is 24.5 Å². The largest absolute Gasteiger partial charge is 0.395 e. The molecule has 0 amide bonds. The number of likely N-dealkylation sites (tertiary alicyclic amines) is 1. The van der Waals surface area contributed by atoms with E-state index in [4.69, 9.17) is 5.11 Å². The maximum Gasteiger partial charge on any atom is 0.0558 e. The predicted molar refractivity (Wildman–Crippen MR) is 54.1 cm³/mol. The first kappa shape index (κ1) is 9.68. The van der Waals surface area contributed by atoms with Crippen molar-refractivity contribution >= 4 is 0 Å². The highest BCUT2D eigenvalue weighted by molar-refractivity contribution is 5.07. The van der Waals surface area contributed by atoms with Crippen molar-refractivity contribution in [2.45, 2.75) is 18.8 Å². The molecule has 14 heavy (non-hydrogen) atoms. The van der Waals surface area contributed by atoms with Gasteiger partial charge in [-0.15, -0.1) is 0 Å². The summed E-state index contributed by atoms with van der Waals surface area (Å²) < 4.78 is 0. The van der Waals surface area contributed by atoms with Gasteiger partial charge >= 0.3 is 0 Å². The Bertz CT molecular complexity index is 258. The van der Waals surface area contributed by atoms with Crippen LogP contribution in [-0.2, 0) is 0 Å². The first-order chi connectivity index (χ1) is 6.90. The average molecular weight is 195 g/mol. The van der Waals surface area contributed by atoms with E-state index >= 15 is 0 Å². The molecule has 1 aromatic heterocycles. The molecular formula is C10H17N3O. The number of aromatic nitrogens is 2. The Morgan fingerprint density at radius 3 is 3.29 bits per heavy atom. The van der Waals surface area contributed by atoms with Crippen LogP contribution in [0.4, 0.5) is 0 Å². The number of β-amino-alcohol motifs (C(OH)–C–C–N with tert-alkyl or cyclic N) is 1. The lowest BCUT2D eigenvalue weighted by molar-refractivity contribution is 0.160. The SMILES string of the molecule is OCCN1CCCC(c2ccn[nH]2)C1. The summed E-state index contributed by atoms with van der Waals surface area (Å²) in [5, 5.41) is 15.9. The maximum atomic E-state index is 8.87. The quantitative estimate of drug-likeness (QED) is 0.742. The normalized spacial score (nSPS) is 23.9. The molecule has 2 rings (SSSR count). The van der Waals surface area contributed by atoms with E-state index in [0.29, 0.717) is 5.92 Å². The molecule has 1 saturated heterocycles. The lowest BCUT2D eigenvalue weighted by Crippen LogP contribution is -2.36. The second-order valence-electron chi connectivity index (χ2n) is 3.88. The summed E-state index contributed by atoms with van der Waals surface area (Å²) in [6, 6.07) is 2.05. The molecule has 0 radical (unpaired) electrons. The van der Waals surface area contributed by atoms with Crippen molar-refractivity contribution in [3.63, 3.8) is 0 Å². The number of hydrogen-bond acceptors (Lipinski definition) is 3. The highest BCUT2D eigenvalue weighted by atomic mass is 16.3. The van der Waals surface area contributed by atoms with Gasteiger partial charge < -0.3 is 10.0 Å². The number of aliphatic hydroxyl groups is 1. The van der Waals surface area contributed by atoms with Crippen molar-refractivity contribution in [1.82, 2.24) is 15.1 Å². The Morgan fingerprint density at radius 1 is 1.64 bits per heavy atom. The summed E-state index contributed by atoms with van der Waals surface area (Å²) in [5.41, 5.74) is 1.23. The van der Waals surface area contributed by atoms with Gasteiger partial charge in [-0.25, -0.2) is 0 Å². The second kappa shape index (κ2) is 4.57. The molecule has 1 aliphatic rings. The van der Waals surface area contributed by atoms with Crippen LogP contribution in [0.25, 0.3) is 0 Å². The van der Waals surface area contributed by atoms with E-state index in [1.165, 1.54) is 18.5 Å². The Kier molecular flexibility index (Phi) is 3.16. The molecule has 1 aliphatic heterocycles. The van der Waals surface area contributed by atoms with Crippen molar-refractivity contribution < 1.29 is 5.11 Å². The summed E-state index contributed by atoms with van der Waals surface area (Å²) in [4.78, 5) is 2.31. The standard InChI is InChI=1S/C10H17N3O/c14-7-6-13-5-1-2-9(8-13)10-3-4-11-12-10/h3-4,9,14H,1-2,5-8H2,(H,11,12). The Hall–Kier alpha value is -0.870. The van der Waals surface area contributed by atoms with Gasteiger partial charge in [0.2, 0.25) is 0 Å². The van der Waals surface area contributed by atoms with Crippen LogP contribution in [0.3, 0.4) is 0 Å². The summed E-state index contributed by atoms with van der Waals surface area (Å²) in [6.07, 6.45) is 4.24. The van der Waals surface area contributed by atoms with Gasteiger partial charge in [-0.05, 0) is 25.5 Å². The maximum absolute atomic E-state index is 8.87. The average Bonchev–Trinajstić information content (AvgIpc) is 2.71. The molecule has 0 bridgehead atoms. The van der Waals surface area contributed by atoms with Crippen molar-refractivity contribution in [3.05, 3.63) is 18.0 Å². The number of hydrogen-bond donors (Lipinski definition) is 2. The first-order valence-corrected chi connectivity index (χ1v) is 5.22. The van der Waals surface area contributed by atoms with E-state index in [0.717, 1.165) is 19.6 Å². The third kappa shape index (κ3) is 2.13. The van der Waals surface area contributed by atoms with E-state index in [1.54, 1.807) is 6.20 Å². The van der Waals surface area contributed by atoms with Crippen LogP contribution in [0.5, 0.6) is 0 Å². The van der Waals surface area contributed by atoms with E-state index in [9.17, 15) is 0 Å². The van der Waals surface area contributed by atoms with Crippen molar-refractivity contribution in [2.75, 3.05) is 26.2 Å². The zero-order valence-electron chi connectivity index (χ0n) is 8.32. The zero-order chi connectivity index (χ0) is 9.80. The highest BCUT2D eigenvalue weighted by Gasteiger charge is 2.21. The van der Waals surface area contributed by atoms with Gasteiger partial charge in [0.05, 0.1) is 6.61 Å². The Labute approximate surface area is 83.9 Å². The van der Waals surface area contributed by atoms with E-state index in [2.05, 4.69) is 15.1 Å². The molecule has 0 saturated carbocycles. The number of nitrogens with one attached hydrogen (secondary N) is 1. The van der Waals surface area contributed by atoms with Gasteiger partial charge in [0, 0.05) is 30.9 Å². The first-order valence-electron chi connectivity index (χ1n) is 5.22. The Balaban J connectivity index is 1.94. The number of nitrogens with zero attached hydrogens (tertiary/aromatic N) is 2. The van der Waals surface area contributed by atoms with Crippen LogP contribution in [0.2, 0.25) is 0 Å². The van der Waals surface area contributed by atoms with E-state index in [1.807, 2.05) is 6.07 Å². The number of aliphatic hydroxyl groups excluding tert-OH is 1. The third-order valence-corrected chi connectivity index (χ3v) is 2.88. The lowest BCUT2D eigenvalue weighted by Gasteiger charge is -2.31. The fourth-order valence-electron chi connectivity index (χ4n) is 2.15. The minimum Gasteiger partial charge on any atom is -0.395 e. The third-order valence-electron chi connectivity index (χ3n) is 2.88. The molecule has 78 valence electrons. The van der Waals surface area contributed by atoms with Gasteiger partial charge in [0.15, 0.2) is 0 Å². The molecule has 0 aromatic carbocycles. The molecule has 4 nitrogen and oxygen atoms in total. The van der Waals surface area contributed by atoms with Gasteiger partial charge in [-0.3, -0.25) is 5.10 Å². The number of piperidine rings is 1. The summed E-state index contributed by atoms with van der Waals surface area (Å²) in [6.45, 7) is 3.22. The van der Waals surface area contributed by atoms with Crippen LogP contribution < -0.4 is 0 Å². The van der Waals surface area contributed by atoms with Crippen molar-refractivity contribution in [3.8, 4) is 0 Å². The minimum absolute atomic E-state index is 0.260. The molecular weight excluding hydrogens is 178 g/mol. The van der Waals surface area contributed by atoms with Crippen LogP contribution >= 0.6 is 0 Å². The van der Waals surface area contributed by atoms with E-state index in [-0.39, 0.29) is 6.61 Å². The van der Waals surface area contributed by atoms with Crippen molar-refractivity contribution in [2.24, 2.45) is 0 Å². The molecule has 1 atom stereocenters. The van der Waals surface area contributed by atoms with Crippen LogP contribution in [-0.4, -0.2) is 46.4 Å². The topological polar surface area (TPSA) is 52.1 Å². The highest BCUT2D eigenvalue weighted by Crippen LogP contribution is 2.24. The smallest absolute Gasteiger partial charge is 0.0558 e. The molecule has 1 aromatic rings. The molecule has 2 heterocycles. The van der Waals surface area contributed by atoms with Crippen molar-refractivity contribution in [1.29, 1.82) is 0 Å². The summed E-state index contributed by atoms with van der Waals surface area (Å²) in [7, 11) is 0. The van der Waals surface area contributed by atoms with Gasteiger partial charge in [0.25, 0.3) is 0 Å². The Morgan fingerprint density at radius 2 is 2.57 bits per heavy atom. The molecule has 0 aliphatic carbocycles. The number of H-pyrrole nitrogens is 1. The zero-order valence-corrected chi connectivity index (χ0v) is 8.32. The van der Waals surface area contributed by atoms with Gasteiger partial charge in [-0.2, -0.15) is 5.10 Å².